The molecule has 0 spiro atoms. The van der Waals surface area contributed by atoms with Gasteiger partial charge in [0.1, 0.15) is 17.5 Å². The van der Waals surface area contributed by atoms with Gasteiger partial charge in [-0.1, -0.05) is 23.0 Å². The number of fused-ring (bicyclic) bond motifs is 1. The van der Waals surface area contributed by atoms with Crippen molar-refractivity contribution in [3.63, 3.8) is 0 Å². The maximum Gasteiger partial charge on any atom is 0.264 e. The van der Waals surface area contributed by atoms with Crippen molar-refractivity contribution in [2.75, 3.05) is 14.2 Å². The number of thioether (sulfide) groups is 1. The molecule has 2 aliphatic heterocycles. The Bertz CT molecular complexity index is 1130. The largest absolute Gasteiger partial charge is 0.497 e. The topological polar surface area (TPSA) is 114 Å². The van der Waals surface area contributed by atoms with Crippen LogP contribution >= 0.6 is 23.1 Å². The maximum atomic E-state index is 12.3. The first-order valence-electron chi connectivity index (χ1n) is 9.80. The summed E-state index contributed by atoms with van der Waals surface area (Å²) in [6.07, 6.45) is 0.675. The molecule has 12 heteroatoms. The highest BCUT2D eigenvalue weighted by Crippen LogP contribution is 2.34. The smallest absolute Gasteiger partial charge is 0.264 e. The molecule has 1 aromatic carbocycles. The zero-order valence-corrected chi connectivity index (χ0v) is 18.9. The number of ether oxygens (including phenoxy) is 2. The number of carbonyl (C=O) groups is 1. The average Bonchev–Trinajstić information content (AvgIpc) is 3.58. The van der Waals surface area contributed by atoms with E-state index in [9.17, 15) is 4.79 Å². The molecule has 2 aliphatic rings. The molecule has 2 N–H and O–H groups in total. The lowest BCUT2D eigenvalue weighted by atomic mass is 10.1. The Labute approximate surface area is 191 Å². The summed E-state index contributed by atoms with van der Waals surface area (Å²) in [5, 5.41) is 12.8. The monoisotopic (exact) mass is 472 g/mol. The molecular weight excluding hydrogens is 452 g/mol. The van der Waals surface area contributed by atoms with Crippen molar-refractivity contribution in [3.05, 3.63) is 46.5 Å². The van der Waals surface area contributed by atoms with Gasteiger partial charge in [0.2, 0.25) is 11.7 Å². The number of hydrogen-bond donors (Lipinski definition) is 2. The number of amides is 1. The predicted octanol–water partition coefficient (Wildman–Crippen LogP) is 2.77. The number of benzene rings is 1. The van der Waals surface area contributed by atoms with Gasteiger partial charge in [-0.15, -0.1) is 16.4 Å². The first-order valence-corrected chi connectivity index (χ1v) is 11.7. The van der Waals surface area contributed by atoms with Crippen molar-refractivity contribution in [1.82, 2.24) is 26.0 Å². The molecule has 0 radical (unpaired) electrons. The zero-order valence-electron chi connectivity index (χ0n) is 17.3. The van der Waals surface area contributed by atoms with E-state index in [1.54, 1.807) is 31.6 Å². The molecule has 2 aromatic heterocycles. The summed E-state index contributed by atoms with van der Waals surface area (Å²) in [7, 11) is 3.17. The summed E-state index contributed by atoms with van der Waals surface area (Å²) in [5.41, 5.74) is 6.75. The number of hydrazone groups is 1. The Balaban J connectivity index is 1.28. The Morgan fingerprint density at radius 3 is 2.81 bits per heavy atom. The minimum Gasteiger partial charge on any atom is -0.497 e. The lowest BCUT2D eigenvalue weighted by molar-refractivity contribution is -0.125. The average molecular weight is 473 g/mol. The summed E-state index contributed by atoms with van der Waals surface area (Å²) >= 11 is 3.07. The standard InChI is InChI=1S/C20H20N6O4S2/c1-28-12-6-11(7-13(8-12)29-2)18-21-17(30-25-18)10-32-20-23-22-19(27)15-9-14(24-26(15)20)16-4-3-5-31-16/h3-8,14-15,24H,9-10H2,1-2H3,(H,22,27). The third-order valence-corrected chi connectivity index (χ3v) is 7.05. The number of methoxy groups -OCH3 is 2. The van der Waals surface area contributed by atoms with E-state index in [0.717, 1.165) is 5.56 Å². The summed E-state index contributed by atoms with van der Waals surface area (Å²) in [4.78, 5) is 18.0. The molecule has 2 atom stereocenters. The molecule has 5 rings (SSSR count). The van der Waals surface area contributed by atoms with Crippen LogP contribution in [0.1, 0.15) is 23.2 Å². The van der Waals surface area contributed by atoms with Crippen LogP contribution in [0, 0.1) is 0 Å². The number of amidine groups is 1. The molecule has 3 aromatic rings. The Morgan fingerprint density at radius 2 is 2.09 bits per heavy atom. The zero-order chi connectivity index (χ0) is 22.1. The first-order chi connectivity index (χ1) is 15.6. The minimum absolute atomic E-state index is 0.0766. The first kappa shape index (κ1) is 20.8. The van der Waals surface area contributed by atoms with Crippen LogP contribution < -0.4 is 20.3 Å². The van der Waals surface area contributed by atoms with Crippen LogP contribution in [-0.4, -0.2) is 46.5 Å². The number of nitrogens with zero attached hydrogens (tertiary/aromatic N) is 4. The highest BCUT2D eigenvalue weighted by molar-refractivity contribution is 8.13. The number of nitrogens with one attached hydrogen (secondary N) is 2. The Morgan fingerprint density at radius 1 is 1.28 bits per heavy atom. The molecule has 32 heavy (non-hydrogen) atoms. The molecule has 0 saturated carbocycles. The number of hydrazine groups is 1. The Kier molecular flexibility index (Phi) is 5.72. The van der Waals surface area contributed by atoms with Crippen LogP contribution in [0.4, 0.5) is 0 Å². The highest BCUT2D eigenvalue weighted by Gasteiger charge is 2.42. The summed E-state index contributed by atoms with van der Waals surface area (Å²) in [5.74, 6) is 2.44. The van der Waals surface area contributed by atoms with E-state index in [1.807, 2.05) is 28.6 Å². The Hall–Kier alpha value is -3.09. The number of carbonyl (C=O) groups excluding carboxylic acids is 1. The molecule has 4 heterocycles. The quantitative estimate of drug-likeness (QED) is 0.559. The fourth-order valence-electron chi connectivity index (χ4n) is 3.55. The van der Waals surface area contributed by atoms with E-state index in [0.29, 0.717) is 40.6 Å². The molecule has 1 amide bonds. The van der Waals surface area contributed by atoms with E-state index >= 15 is 0 Å². The van der Waals surface area contributed by atoms with Crippen molar-refractivity contribution in [2.45, 2.75) is 24.3 Å². The molecule has 0 bridgehead atoms. The maximum absolute atomic E-state index is 12.3. The fourth-order valence-corrected chi connectivity index (χ4v) is 5.13. The second kappa shape index (κ2) is 8.81. The van der Waals surface area contributed by atoms with Crippen LogP contribution in [0.15, 0.2) is 45.3 Å². The van der Waals surface area contributed by atoms with E-state index in [-0.39, 0.29) is 18.0 Å². The van der Waals surface area contributed by atoms with Gasteiger partial charge in [0, 0.05) is 22.9 Å². The second-order valence-corrected chi connectivity index (χ2v) is 9.01. The van der Waals surface area contributed by atoms with Gasteiger partial charge in [-0.3, -0.25) is 9.80 Å². The number of aromatic nitrogens is 2. The van der Waals surface area contributed by atoms with Crippen LogP contribution in [-0.2, 0) is 10.5 Å². The van der Waals surface area contributed by atoms with Gasteiger partial charge in [-0.2, -0.15) is 4.98 Å². The van der Waals surface area contributed by atoms with Crippen molar-refractivity contribution in [1.29, 1.82) is 0 Å². The predicted molar refractivity (Wildman–Crippen MR) is 120 cm³/mol. The van der Waals surface area contributed by atoms with Crippen molar-refractivity contribution < 1.29 is 18.8 Å². The fraction of sp³-hybridized carbons (Fsp3) is 0.300. The van der Waals surface area contributed by atoms with Crippen molar-refractivity contribution >= 4 is 34.2 Å². The number of rotatable bonds is 6. The number of thiophene rings is 1. The third kappa shape index (κ3) is 4.04. The SMILES string of the molecule is COc1cc(OC)cc(-c2noc(CSC3=NNC(=O)C4CC(c5cccs5)NN34)n2)c1. The van der Waals surface area contributed by atoms with Gasteiger partial charge in [0.25, 0.3) is 5.91 Å². The lowest BCUT2D eigenvalue weighted by Crippen LogP contribution is -2.52. The third-order valence-electron chi connectivity index (χ3n) is 5.13. The normalized spacial score (nSPS) is 20.0. The highest BCUT2D eigenvalue weighted by atomic mass is 32.2. The molecule has 10 nitrogen and oxygen atoms in total. The molecule has 1 fully saturated rings. The second-order valence-electron chi connectivity index (χ2n) is 7.09. The molecule has 166 valence electrons. The van der Waals surface area contributed by atoms with E-state index in [2.05, 4.69) is 32.2 Å². The van der Waals surface area contributed by atoms with Crippen molar-refractivity contribution in [3.8, 4) is 22.9 Å². The number of hydrogen-bond acceptors (Lipinski definition) is 11. The van der Waals surface area contributed by atoms with Crippen LogP contribution in [0.3, 0.4) is 0 Å². The van der Waals surface area contributed by atoms with E-state index in [4.69, 9.17) is 14.0 Å². The van der Waals surface area contributed by atoms with Crippen molar-refractivity contribution in [2.24, 2.45) is 5.10 Å². The van der Waals surface area contributed by atoms with Gasteiger partial charge in [-0.05, 0) is 23.6 Å². The van der Waals surface area contributed by atoms with Crippen LogP contribution in [0.5, 0.6) is 11.5 Å². The molecule has 0 aliphatic carbocycles. The van der Waals surface area contributed by atoms with Crippen LogP contribution in [0.25, 0.3) is 11.4 Å². The summed E-state index contributed by atoms with van der Waals surface area (Å²) < 4.78 is 16.0. The summed E-state index contributed by atoms with van der Waals surface area (Å²) in [6.45, 7) is 0. The van der Waals surface area contributed by atoms with E-state index < -0.39 is 0 Å². The lowest BCUT2D eigenvalue weighted by Gasteiger charge is -2.28. The van der Waals surface area contributed by atoms with Crippen LogP contribution in [0.2, 0.25) is 0 Å². The van der Waals surface area contributed by atoms with E-state index in [1.165, 1.54) is 16.6 Å². The molecule has 1 saturated heterocycles. The van der Waals surface area contributed by atoms with Gasteiger partial charge in [0.15, 0.2) is 5.17 Å². The molecule has 2 unspecified atom stereocenters. The minimum atomic E-state index is -0.315. The van der Waals surface area contributed by atoms with Gasteiger partial charge in [-0.25, -0.2) is 10.9 Å². The van der Waals surface area contributed by atoms with Gasteiger partial charge < -0.3 is 14.0 Å². The van der Waals surface area contributed by atoms with Gasteiger partial charge >= 0.3 is 0 Å². The van der Waals surface area contributed by atoms with Gasteiger partial charge in [0.05, 0.1) is 26.0 Å². The summed E-state index contributed by atoms with van der Waals surface area (Å²) in [6, 6.07) is 9.24. The molecular formula is C20H20N6O4S2.